The first-order valence-electron chi connectivity index (χ1n) is 5.91. The molecule has 4 heteroatoms. The van der Waals surface area contributed by atoms with Crippen molar-refractivity contribution in [1.29, 1.82) is 0 Å². The van der Waals surface area contributed by atoms with Gasteiger partial charge in [-0.2, -0.15) is 0 Å². The number of aromatic nitrogens is 1. The average molecular weight is 261 g/mol. The lowest BCUT2D eigenvalue weighted by Crippen LogP contribution is -2.35. The van der Waals surface area contributed by atoms with Crippen molar-refractivity contribution in [3.8, 4) is 11.1 Å². The highest BCUT2D eigenvalue weighted by atomic mass is 35.5. The molecule has 3 rings (SSSR count). The lowest BCUT2D eigenvalue weighted by atomic mass is 10.1. The maximum Gasteiger partial charge on any atom is 0.267 e. The zero-order valence-corrected chi connectivity index (χ0v) is 10.8. The van der Waals surface area contributed by atoms with Crippen LogP contribution in [0.3, 0.4) is 0 Å². The Kier molecular flexibility index (Phi) is 2.63. The molecule has 0 aliphatic carbocycles. The summed E-state index contributed by atoms with van der Waals surface area (Å²) in [5.74, 6) is -0.00220. The Balaban J connectivity index is 2.17. The number of benzene rings is 1. The minimum atomic E-state index is -0.00220. The summed E-state index contributed by atoms with van der Waals surface area (Å²) < 4.78 is 2.06. The number of hydrogen-bond acceptors (Lipinski definition) is 1. The van der Waals surface area contributed by atoms with E-state index in [-0.39, 0.29) is 5.91 Å². The number of nitrogens with one attached hydrogen (secondary N) is 1. The number of rotatable bonds is 1. The summed E-state index contributed by atoms with van der Waals surface area (Å²) in [6, 6.07) is 9.65. The van der Waals surface area contributed by atoms with Gasteiger partial charge < -0.3 is 9.88 Å². The van der Waals surface area contributed by atoms with E-state index in [0.717, 1.165) is 29.1 Å². The van der Waals surface area contributed by atoms with Crippen molar-refractivity contribution in [2.45, 2.75) is 13.5 Å². The molecule has 0 unspecified atom stereocenters. The maximum absolute atomic E-state index is 11.8. The van der Waals surface area contributed by atoms with Gasteiger partial charge in [0.15, 0.2) is 0 Å². The van der Waals surface area contributed by atoms with Crippen LogP contribution in [0.1, 0.15) is 16.2 Å². The Morgan fingerprint density at radius 3 is 2.89 bits per heavy atom. The minimum Gasteiger partial charge on any atom is -0.349 e. The third-order valence-corrected chi connectivity index (χ3v) is 3.59. The third kappa shape index (κ3) is 1.71. The highest BCUT2D eigenvalue weighted by molar-refractivity contribution is 6.30. The van der Waals surface area contributed by atoms with Gasteiger partial charge in [-0.05, 0) is 30.7 Å². The van der Waals surface area contributed by atoms with Crippen LogP contribution in [0.4, 0.5) is 0 Å². The molecule has 18 heavy (non-hydrogen) atoms. The van der Waals surface area contributed by atoms with Gasteiger partial charge in [-0.15, -0.1) is 0 Å². The second-order valence-corrected chi connectivity index (χ2v) is 4.88. The van der Waals surface area contributed by atoms with Gasteiger partial charge >= 0.3 is 0 Å². The molecule has 1 aliphatic rings. The second-order valence-electron chi connectivity index (χ2n) is 4.45. The van der Waals surface area contributed by atoms with Gasteiger partial charge in [-0.3, -0.25) is 4.79 Å². The number of fused-ring (bicyclic) bond motifs is 1. The van der Waals surface area contributed by atoms with Crippen LogP contribution >= 0.6 is 11.6 Å². The van der Waals surface area contributed by atoms with Crippen LogP contribution < -0.4 is 5.32 Å². The molecule has 1 amide bonds. The van der Waals surface area contributed by atoms with Crippen LogP contribution in [0.25, 0.3) is 11.1 Å². The molecule has 3 nitrogen and oxygen atoms in total. The molecule has 0 radical (unpaired) electrons. The number of halogens is 1. The third-order valence-electron chi connectivity index (χ3n) is 3.36. The van der Waals surface area contributed by atoms with Gasteiger partial charge in [-0.1, -0.05) is 23.7 Å². The first-order valence-corrected chi connectivity index (χ1v) is 6.29. The van der Waals surface area contributed by atoms with Crippen molar-refractivity contribution < 1.29 is 4.79 Å². The summed E-state index contributed by atoms with van der Waals surface area (Å²) in [4.78, 5) is 11.8. The zero-order valence-electron chi connectivity index (χ0n) is 10.0. The number of carbonyl (C=O) groups is 1. The molecule has 0 spiro atoms. The summed E-state index contributed by atoms with van der Waals surface area (Å²) in [7, 11) is 0. The van der Waals surface area contributed by atoms with E-state index < -0.39 is 0 Å². The van der Waals surface area contributed by atoms with Gasteiger partial charge in [0.05, 0.1) is 0 Å². The van der Waals surface area contributed by atoms with Crippen molar-refractivity contribution >= 4 is 17.5 Å². The lowest BCUT2D eigenvalue weighted by molar-refractivity contribution is 0.0927. The number of amides is 1. The first-order chi connectivity index (χ1) is 8.66. The summed E-state index contributed by atoms with van der Waals surface area (Å²) in [5.41, 5.74) is 3.97. The van der Waals surface area contributed by atoms with Crippen molar-refractivity contribution in [3.05, 3.63) is 46.7 Å². The van der Waals surface area contributed by atoms with Crippen LogP contribution in [0.15, 0.2) is 30.3 Å². The second kappa shape index (κ2) is 4.18. The van der Waals surface area contributed by atoms with Gasteiger partial charge in [0.1, 0.15) is 5.69 Å². The summed E-state index contributed by atoms with van der Waals surface area (Å²) in [6.07, 6.45) is 0. The zero-order chi connectivity index (χ0) is 12.7. The monoisotopic (exact) mass is 260 g/mol. The Hall–Kier alpha value is -1.74. The highest BCUT2D eigenvalue weighted by Crippen LogP contribution is 2.29. The van der Waals surface area contributed by atoms with E-state index in [2.05, 4.69) is 9.88 Å². The largest absolute Gasteiger partial charge is 0.349 e. The SMILES string of the molecule is Cc1c(-c2cccc(Cl)c2)cc2n1CCNC2=O. The molecule has 1 aromatic heterocycles. The topological polar surface area (TPSA) is 34.0 Å². The summed E-state index contributed by atoms with van der Waals surface area (Å²) in [6.45, 7) is 3.56. The number of nitrogens with zero attached hydrogens (tertiary/aromatic N) is 1. The van der Waals surface area contributed by atoms with Crippen LogP contribution in [0.2, 0.25) is 5.02 Å². The summed E-state index contributed by atoms with van der Waals surface area (Å²) in [5, 5.41) is 3.56. The fourth-order valence-corrected chi connectivity index (χ4v) is 2.63. The molecular weight excluding hydrogens is 248 g/mol. The minimum absolute atomic E-state index is 0.00220. The van der Waals surface area contributed by atoms with Crippen molar-refractivity contribution in [1.82, 2.24) is 9.88 Å². The van der Waals surface area contributed by atoms with Crippen LogP contribution in [0.5, 0.6) is 0 Å². The van der Waals surface area contributed by atoms with E-state index in [1.54, 1.807) is 0 Å². The lowest BCUT2D eigenvalue weighted by Gasteiger charge is -2.17. The van der Waals surface area contributed by atoms with Crippen LogP contribution in [-0.2, 0) is 6.54 Å². The Morgan fingerprint density at radius 1 is 1.33 bits per heavy atom. The maximum atomic E-state index is 11.8. The molecule has 0 saturated carbocycles. The molecule has 1 aromatic carbocycles. The van der Waals surface area contributed by atoms with Crippen LogP contribution in [-0.4, -0.2) is 17.0 Å². The number of carbonyl (C=O) groups excluding carboxylic acids is 1. The Bertz CT molecular complexity index is 631. The van der Waals surface area contributed by atoms with E-state index in [1.165, 1.54) is 0 Å². The van der Waals surface area contributed by atoms with Crippen molar-refractivity contribution in [2.24, 2.45) is 0 Å². The van der Waals surface area contributed by atoms with E-state index in [1.807, 2.05) is 37.3 Å². The smallest absolute Gasteiger partial charge is 0.267 e. The van der Waals surface area contributed by atoms with Gasteiger partial charge in [0.25, 0.3) is 5.91 Å². The molecule has 1 aliphatic heterocycles. The fraction of sp³-hybridized carbons (Fsp3) is 0.214. The van der Waals surface area contributed by atoms with E-state index in [4.69, 9.17) is 11.6 Å². The van der Waals surface area contributed by atoms with Crippen molar-refractivity contribution in [3.63, 3.8) is 0 Å². The predicted octanol–water partition coefficient (Wildman–Crippen LogP) is 2.86. The van der Waals surface area contributed by atoms with Crippen LogP contribution in [0, 0.1) is 6.92 Å². The Morgan fingerprint density at radius 2 is 2.17 bits per heavy atom. The normalized spacial score (nSPS) is 14.2. The molecule has 1 N–H and O–H groups in total. The molecule has 2 aromatic rings. The van der Waals surface area contributed by atoms with E-state index in [0.29, 0.717) is 11.6 Å². The molecule has 0 bridgehead atoms. The van der Waals surface area contributed by atoms with Crippen molar-refractivity contribution in [2.75, 3.05) is 6.54 Å². The highest BCUT2D eigenvalue weighted by Gasteiger charge is 2.21. The van der Waals surface area contributed by atoms with E-state index >= 15 is 0 Å². The first kappa shape index (κ1) is 11.4. The Labute approximate surface area is 110 Å². The molecule has 0 saturated heterocycles. The van der Waals surface area contributed by atoms with Gasteiger partial charge in [0.2, 0.25) is 0 Å². The molecule has 2 heterocycles. The molecular formula is C14H13ClN2O. The molecule has 0 atom stereocenters. The van der Waals surface area contributed by atoms with E-state index in [9.17, 15) is 4.79 Å². The molecule has 0 fully saturated rings. The van der Waals surface area contributed by atoms with Gasteiger partial charge in [-0.25, -0.2) is 0 Å². The standard InChI is InChI=1S/C14H13ClN2O/c1-9-12(10-3-2-4-11(15)7-10)8-13-14(18)16-5-6-17(9)13/h2-4,7-8H,5-6H2,1H3,(H,16,18). The quantitative estimate of drug-likeness (QED) is 0.841. The molecule has 92 valence electrons. The summed E-state index contributed by atoms with van der Waals surface area (Å²) >= 11 is 6.02. The fourth-order valence-electron chi connectivity index (χ4n) is 2.44. The number of hydrogen-bond donors (Lipinski definition) is 1. The predicted molar refractivity (Wildman–Crippen MR) is 71.9 cm³/mol. The van der Waals surface area contributed by atoms with Gasteiger partial charge in [0, 0.05) is 29.4 Å². The average Bonchev–Trinajstić information content (AvgIpc) is 2.69.